The van der Waals surface area contributed by atoms with Crippen molar-refractivity contribution in [2.24, 2.45) is 5.73 Å². The molecule has 0 saturated carbocycles. The second-order valence-electron chi connectivity index (χ2n) is 3.72. The number of esters is 1. The van der Waals surface area contributed by atoms with Crippen molar-refractivity contribution in [2.45, 2.75) is 56.8 Å². The Balaban J connectivity index is 3.20. The molecule has 3 nitrogen and oxygen atoms in total. The maximum absolute atomic E-state index is 11.2. The summed E-state index contributed by atoms with van der Waals surface area (Å²) in [5, 5.41) is 0.586. The third-order valence-corrected chi connectivity index (χ3v) is 3.07. The molecule has 4 heteroatoms. The van der Waals surface area contributed by atoms with E-state index in [2.05, 4.69) is 22.9 Å². The molecule has 0 spiro atoms. The van der Waals surface area contributed by atoms with E-state index in [-0.39, 0.29) is 5.97 Å². The van der Waals surface area contributed by atoms with E-state index in [1.165, 1.54) is 25.7 Å². The first-order valence-corrected chi connectivity index (χ1v) is 7.08. The van der Waals surface area contributed by atoms with Crippen molar-refractivity contribution in [2.75, 3.05) is 6.61 Å². The Bertz CT molecular complexity index is 165. The zero-order valence-corrected chi connectivity index (χ0v) is 11.5. The molecule has 15 heavy (non-hydrogen) atoms. The molecule has 0 radical (unpaired) electrons. The average Bonchev–Trinajstić information content (AvgIpc) is 2.26. The molecule has 0 aromatic carbocycles. The summed E-state index contributed by atoms with van der Waals surface area (Å²) >= 11 is 2.30. The van der Waals surface area contributed by atoms with Crippen molar-refractivity contribution in [1.29, 1.82) is 0 Å². The van der Waals surface area contributed by atoms with Gasteiger partial charge in [0.1, 0.15) is 0 Å². The Labute approximate surface area is 101 Å². The summed E-state index contributed by atoms with van der Waals surface area (Å²) in [4.78, 5) is 11.2. The summed E-state index contributed by atoms with van der Waals surface area (Å²) in [5.41, 5.74) is 5.51. The Kier molecular flexibility index (Phi) is 10.4. The summed E-state index contributed by atoms with van der Waals surface area (Å²) in [6.07, 6.45) is 7.20. The SMILES string of the molecule is CCCCCCCCOC(=O)C(N)C[SeH]. The first-order valence-electron chi connectivity index (χ1n) is 5.75. The van der Waals surface area contributed by atoms with Crippen LogP contribution in [0.4, 0.5) is 0 Å². The van der Waals surface area contributed by atoms with Crippen molar-refractivity contribution in [1.82, 2.24) is 0 Å². The van der Waals surface area contributed by atoms with Gasteiger partial charge in [0, 0.05) is 0 Å². The van der Waals surface area contributed by atoms with E-state index in [1.807, 2.05) is 0 Å². The molecule has 1 unspecified atom stereocenters. The molecule has 0 aliphatic carbocycles. The topological polar surface area (TPSA) is 52.3 Å². The Hall–Kier alpha value is -0.0505. The van der Waals surface area contributed by atoms with Crippen LogP contribution in [0.15, 0.2) is 0 Å². The Morgan fingerprint density at radius 1 is 1.27 bits per heavy atom. The number of hydrogen-bond donors (Lipinski definition) is 1. The molecule has 0 aliphatic rings. The number of carbonyl (C=O) groups excluding carboxylic acids is 1. The van der Waals surface area contributed by atoms with Gasteiger partial charge in [-0.25, -0.2) is 0 Å². The van der Waals surface area contributed by atoms with Crippen LogP contribution in [-0.2, 0) is 9.53 Å². The Morgan fingerprint density at radius 2 is 1.87 bits per heavy atom. The van der Waals surface area contributed by atoms with E-state index in [1.54, 1.807) is 0 Å². The second-order valence-corrected chi connectivity index (χ2v) is 4.49. The number of ether oxygens (including phenoxy) is 1. The molecular formula is C11H23NO2Se. The fourth-order valence-corrected chi connectivity index (χ4v) is 1.55. The van der Waals surface area contributed by atoms with Crippen LogP contribution in [0, 0.1) is 0 Å². The molecular weight excluding hydrogens is 257 g/mol. The van der Waals surface area contributed by atoms with Crippen LogP contribution in [0.1, 0.15) is 45.4 Å². The fourth-order valence-electron chi connectivity index (χ4n) is 1.24. The molecule has 0 bridgehead atoms. The van der Waals surface area contributed by atoms with Gasteiger partial charge in [-0.3, -0.25) is 0 Å². The van der Waals surface area contributed by atoms with Crippen LogP contribution >= 0.6 is 0 Å². The van der Waals surface area contributed by atoms with Gasteiger partial charge in [0.2, 0.25) is 0 Å². The first-order chi connectivity index (χ1) is 7.22. The van der Waals surface area contributed by atoms with Crippen molar-refractivity contribution in [3.05, 3.63) is 0 Å². The fraction of sp³-hybridized carbons (Fsp3) is 0.909. The van der Waals surface area contributed by atoms with Gasteiger partial charge in [-0.1, -0.05) is 0 Å². The average molecular weight is 280 g/mol. The molecule has 0 aromatic rings. The van der Waals surface area contributed by atoms with Crippen LogP contribution in [0.2, 0.25) is 5.32 Å². The van der Waals surface area contributed by atoms with Gasteiger partial charge in [-0.2, -0.15) is 0 Å². The van der Waals surface area contributed by atoms with Crippen molar-refractivity contribution in [3.8, 4) is 0 Å². The molecule has 0 rings (SSSR count). The Morgan fingerprint density at radius 3 is 2.47 bits per heavy atom. The van der Waals surface area contributed by atoms with E-state index < -0.39 is 6.04 Å². The molecule has 2 N–H and O–H groups in total. The summed E-state index contributed by atoms with van der Waals surface area (Å²) < 4.78 is 5.03. The van der Waals surface area contributed by atoms with Gasteiger partial charge in [0.25, 0.3) is 0 Å². The van der Waals surface area contributed by atoms with Gasteiger partial charge in [0.15, 0.2) is 0 Å². The van der Waals surface area contributed by atoms with E-state index >= 15 is 0 Å². The predicted molar refractivity (Wildman–Crippen MR) is 64.3 cm³/mol. The minimum atomic E-state index is -0.468. The minimum absolute atomic E-state index is 0.274. The zero-order chi connectivity index (χ0) is 11.5. The first kappa shape index (κ1) is 14.9. The zero-order valence-electron chi connectivity index (χ0n) is 9.58. The summed E-state index contributed by atoms with van der Waals surface area (Å²) in [7, 11) is 0. The molecule has 0 amide bonds. The van der Waals surface area contributed by atoms with E-state index in [4.69, 9.17) is 10.5 Å². The van der Waals surface area contributed by atoms with Gasteiger partial charge in [0.05, 0.1) is 0 Å². The second kappa shape index (κ2) is 10.5. The molecule has 0 heterocycles. The molecule has 0 aromatic heterocycles. The van der Waals surface area contributed by atoms with Crippen molar-refractivity contribution < 1.29 is 9.53 Å². The van der Waals surface area contributed by atoms with E-state index in [0.29, 0.717) is 11.9 Å². The quantitative estimate of drug-likeness (QED) is 0.396. The number of unbranched alkanes of at least 4 members (excludes halogenated alkanes) is 5. The summed E-state index contributed by atoms with van der Waals surface area (Å²) in [5.74, 6) is -0.274. The number of nitrogens with two attached hydrogens (primary N) is 1. The number of rotatable bonds is 9. The monoisotopic (exact) mass is 281 g/mol. The standard InChI is InChI=1S/C11H23NO2Se/c1-2-3-4-5-6-7-8-14-11(13)10(12)9-15/h10,15H,2-9,12H2,1H3. The number of hydrogen-bond acceptors (Lipinski definition) is 3. The van der Waals surface area contributed by atoms with Crippen molar-refractivity contribution in [3.63, 3.8) is 0 Å². The van der Waals surface area contributed by atoms with Crippen LogP contribution in [0.3, 0.4) is 0 Å². The normalized spacial score (nSPS) is 12.5. The maximum atomic E-state index is 11.2. The van der Waals surface area contributed by atoms with Gasteiger partial charge < -0.3 is 0 Å². The molecule has 0 aliphatic heterocycles. The van der Waals surface area contributed by atoms with E-state index in [0.717, 1.165) is 12.8 Å². The third-order valence-electron chi connectivity index (χ3n) is 2.24. The summed E-state index contributed by atoms with van der Waals surface area (Å²) in [6, 6.07) is -0.468. The van der Waals surface area contributed by atoms with Gasteiger partial charge >= 0.3 is 101 Å². The van der Waals surface area contributed by atoms with Crippen molar-refractivity contribution >= 4 is 22.0 Å². The van der Waals surface area contributed by atoms with E-state index in [9.17, 15) is 4.79 Å². The van der Waals surface area contributed by atoms with Crippen LogP contribution in [0.5, 0.6) is 0 Å². The molecule has 0 saturated heterocycles. The van der Waals surface area contributed by atoms with Crippen LogP contribution in [0.25, 0.3) is 0 Å². The summed E-state index contributed by atoms with van der Waals surface area (Å²) in [6.45, 7) is 2.72. The third kappa shape index (κ3) is 8.91. The van der Waals surface area contributed by atoms with Crippen LogP contribution < -0.4 is 5.73 Å². The van der Waals surface area contributed by atoms with Crippen LogP contribution in [-0.4, -0.2) is 34.6 Å². The predicted octanol–water partition coefficient (Wildman–Crippen LogP) is 1.54. The van der Waals surface area contributed by atoms with Gasteiger partial charge in [-0.15, -0.1) is 0 Å². The molecule has 1 atom stereocenters. The molecule has 0 fully saturated rings. The van der Waals surface area contributed by atoms with Gasteiger partial charge in [-0.05, 0) is 0 Å². The molecule has 90 valence electrons. The number of carbonyl (C=O) groups is 1.